The molecular weight excluding hydrogens is 296 g/mol. The molecule has 0 bridgehead atoms. The fourth-order valence-corrected chi connectivity index (χ4v) is 2.94. The third-order valence-electron chi connectivity index (χ3n) is 4.32. The van der Waals surface area contributed by atoms with Crippen molar-refractivity contribution in [3.05, 3.63) is 64.7 Å². The fraction of sp³-hybridized carbons (Fsp3) is 0.364. The van der Waals surface area contributed by atoms with Gasteiger partial charge >= 0.3 is 0 Å². The van der Waals surface area contributed by atoms with E-state index in [9.17, 15) is 0 Å². The van der Waals surface area contributed by atoms with Gasteiger partial charge in [0.25, 0.3) is 0 Å². The Morgan fingerprint density at radius 3 is 1.75 bits per heavy atom. The van der Waals surface area contributed by atoms with Crippen LogP contribution in [-0.2, 0) is 0 Å². The summed E-state index contributed by atoms with van der Waals surface area (Å²) in [6.45, 7) is 6.40. The lowest BCUT2D eigenvalue weighted by Crippen LogP contribution is -1.94. The molecule has 2 rings (SSSR count). The molecule has 0 amide bonds. The lowest BCUT2D eigenvalue weighted by atomic mass is 9.93. The summed E-state index contributed by atoms with van der Waals surface area (Å²) in [7, 11) is 3.43. The molecule has 0 saturated heterocycles. The number of rotatable bonds is 7. The first kappa shape index (κ1) is 18.1. The number of methoxy groups -OCH3 is 2. The van der Waals surface area contributed by atoms with Gasteiger partial charge in [0.1, 0.15) is 11.5 Å². The van der Waals surface area contributed by atoms with Crippen LogP contribution in [0.25, 0.3) is 5.57 Å². The lowest BCUT2D eigenvalue weighted by Gasteiger charge is -2.14. The summed E-state index contributed by atoms with van der Waals surface area (Å²) in [5.74, 6) is 1.86. The van der Waals surface area contributed by atoms with Gasteiger partial charge in [-0.2, -0.15) is 0 Å². The van der Waals surface area contributed by atoms with Gasteiger partial charge in [-0.1, -0.05) is 38.0 Å². The van der Waals surface area contributed by atoms with Crippen LogP contribution in [0.2, 0.25) is 0 Å². The summed E-state index contributed by atoms with van der Waals surface area (Å²) in [5.41, 5.74) is 6.05. The van der Waals surface area contributed by atoms with Crippen molar-refractivity contribution in [2.75, 3.05) is 14.2 Å². The second-order valence-electron chi connectivity index (χ2n) is 6.13. The van der Waals surface area contributed by atoms with E-state index in [4.69, 9.17) is 9.47 Å². The van der Waals surface area contributed by atoms with Crippen molar-refractivity contribution in [3.63, 3.8) is 0 Å². The lowest BCUT2D eigenvalue weighted by molar-refractivity contribution is 0.411. The van der Waals surface area contributed by atoms with E-state index in [1.165, 1.54) is 29.5 Å². The van der Waals surface area contributed by atoms with Crippen LogP contribution in [0.3, 0.4) is 0 Å². The smallest absolute Gasteiger partial charge is 0.121 e. The van der Waals surface area contributed by atoms with Crippen LogP contribution >= 0.6 is 0 Å². The fourth-order valence-electron chi connectivity index (χ4n) is 2.94. The Labute approximate surface area is 146 Å². The zero-order valence-corrected chi connectivity index (χ0v) is 15.5. The summed E-state index contributed by atoms with van der Waals surface area (Å²) in [4.78, 5) is 0. The molecule has 0 saturated carbocycles. The molecular formula is C22H28O2. The van der Waals surface area contributed by atoms with Crippen LogP contribution < -0.4 is 9.47 Å². The molecule has 0 spiro atoms. The second-order valence-corrected chi connectivity index (χ2v) is 6.13. The van der Waals surface area contributed by atoms with E-state index >= 15 is 0 Å². The largest absolute Gasteiger partial charge is 0.496 e. The average molecular weight is 324 g/mol. The predicted octanol–water partition coefficient (Wildman–Crippen LogP) is 5.94. The Morgan fingerprint density at radius 2 is 1.38 bits per heavy atom. The monoisotopic (exact) mass is 324 g/mol. The first-order valence-electron chi connectivity index (χ1n) is 8.60. The Kier molecular flexibility index (Phi) is 6.48. The van der Waals surface area contributed by atoms with Gasteiger partial charge in [0.05, 0.1) is 14.2 Å². The van der Waals surface area contributed by atoms with Crippen LogP contribution in [0.4, 0.5) is 0 Å². The molecule has 0 radical (unpaired) electrons. The van der Waals surface area contributed by atoms with E-state index in [0.717, 1.165) is 29.0 Å². The van der Waals surface area contributed by atoms with Crippen molar-refractivity contribution in [3.8, 4) is 11.5 Å². The number of aryl methyl sites for hydroxylation is 2. The standard InChI is InChI=1S/C22H28O2/c1-6-7-8-9-20(18-10-12-21(23-4)16(2)14-18)19-11-13-22(24-5)17(3)15-19/h9-15H,6-8H2,1-5H3. The minimum atomic E-state index is 0.928. The third kappa shape index (κ3) is 4.19. The number of hydrogen-bond donors (Lipinski definition) is 0. The average Bonchev–Trinajstić information content (AvgIpc) is 2.58. The maximum absolute atomic E-state index is 5.40. The van der Waals surface area contributed by atoms with Crippen LogP contribution in [0, 0.1) is 13.8 Å². The molecule has 0 aliphatic carbocycles. The molecule has 0 N–H and O–H groups in total. The predicted molar refractivity (Wildman–Crippen MR) is 102 cm³/mol. The normalized spacial score (nSPS) is 10.4. The van der Waals surface area contributed by atoms with Gasteiger partial charge in [-0.25, -0.2) is 0 Å². The summed E-state index contributed by atoms with van der Waals surface area (Å²) >= 11 is 0. The molecule has 0 aliphatic heterocycles. The first-order valence-corrected chi connectivity index (χ1v) is 8.60. The van der Waals surface area contributed by atoms with Gasteiger partial charge < -0.3 is 9.47 Å². The molecule has 0 aliphatic rings. The topological polar surface area (TPSA) is 18.5 Å². The number of allylic oxidation sites excluding steroid dienone is 1. The molecule has 0 heterocycles. The molecule has 0 atom stereocenters. The Morgan fingerprint density at radius 1 is 0.875 bits per heavy atom. The van der Waals surface area contributed by atoms with Gasteiger partial charge in [-0.3, -0.25) is 0 Å². The molecule has 2 aromatic rings. The minimum absolute atomic E-state index is 0.928. The second kappa shape index (κ2) is 8.58. The number of benzene rings is 2. The van der Waals surface area contributed by atoms with Crippen molar-refractivity contribution in [1.29, 1.82) is 0 Å². The maximum atomic E-state index is 5.40. The zero-order valence-electron chi connectivity index (χ0n) is 15.5. The maximum Gasteiger partial charge on any atom is 0.121 e. The number of unbranched alkanes of at least 4 members (excludes halogenated alkanes) is 2. The van der Waals surface area contributed by atoms with E-state index in [0.29, 0.717) is 0 Å². The molecule has 128 valence electrons. The summed E-state index contributed by atoms with van der Waals surface area (Å²) in [6.07, 6.45) is 5.84. The Hall–Kier alpha value is -2.22. The molecule has 0 aromatic heterocycles. The van der Waals surface area contributed by atoms with Crippen molar-refractivity contribution >= 4 is 5.57 Å². The Bertz CT molecular complexity index is 658. The van der Waals surface area contributed by atoms with E-state index in [1.54, 1.807) is 14.2 Å². The van der Waals surface area contributed by atoms with Gasteiger partial charge in [0.15, 0.2) is 0 Å². The summed E-state index contributed by atoms with van der Waals surface area (Å²) in [6, 6.07) is 12.8. The number of hydrogen-bond acceptors (Lipinski definition) is 2. The van der Waals surface area contributed by atoms with Crippen molar-refractivity contribution in [1.82, 2.24) is 0 Å². The van der Waals surface area contributed by atoms with Gasteiger partial charge in [0.2, 0.25) is 0 Å². The van der Waals surface area contributed by atoms with Gasteiger partial charge in [0, 0.05) is 0 Å². The third-order valence-corrected chi connectivity index (χ3v) is 4.32. The first-order chi connectivity index (χ1) is 11.6. The van der Waals surface area contributed by atoms with Crippen molar-refractivity contribution in [2.45, 2.75) is 40.0 Å². The van der Waals surface area contributed by atoms with Crippen LogP contribution in [0.1, 0.15) is 48.4 Å². The quantitative estimate of drug-likeness (QED) is 0.587. The van der Waals surface area contributed by atoms with Crippen LogP contribution in [-0.4, -0.2) is 14.2 Å². The molecule has 0 unspecified atom stereocenters. The Balaban J connectivity index is 2.47. The minimum Gasteiger partial charge on any atom is -0.496 e. The van der Waals surface area contributed by atoms with E-state index in [2.05, 4.69) is 63.2 Å². The van der Waals surface area contributed by atoms with E-state index in [1.807, 2.05) is 0 Å². The summed E-state index contributed by atoms with van der Waals surface area (Å²) < 4.78 is 10.8. The highest BCUT2D eigenvalue weighted by Gasteiger charge is 2.09. The molecule has 2 heteroatoms. The van der Waals surface area contributed by atoms with Crippen molar-refractivity contribution in [2.24, 2.45) is 0 Å². The van der Waals surface area contributed by atoms with Crippen LogP contribution in [0.15, 0.2) is 42.5 Å². The SMILES string of the molecule is CCCCC=C(c1ccc(OC)c(C)c1)c1ccc(OC)c(C)c1. The molecule has 0 fully saturated rings. The summed E-state index contributed by atoms with van der Waals surface area (Å²) in [5, 5.41) is 0. The molecule has 2 nitrogen and oxygen atoms in total. The molecule has 2 aromatic carbocycles. The highest BCUT2D eigenvalue weighted by Crippen LogP contribution is 2.31. The highest BCUT2D eigenvalue weighted by atomic mass is 16.5. The van der Waals surface area contributed by atoms with Crippen LogP contribution in [0.5, 0.6) is 11.5 Å². The number of ether oxygens (including phenoxy) is 2. The molecule has 24 heavy (non-hydrogen) atoms. The van der Waals surface area contributed by atoms with E-state index in [-0.39, 0.29) is 0 Å². The van der Waals surface area contributed by atoms with Gasteiger partial charge in [-0.15, -0.1) is 0 Å². The van der Waals surface area contributed by atoms with Gasteiger partial charge in [-0.05, 0) is 72.4 Å². The van der Waals surface area contributed by atoms with E-state index < -0.39 is 0 Å². The zero-order chi connectivity index (χ0) is 17.5. The highest BCUT2D eigenvalue weighted by molar-refractivity contribution is 5.81. The van der Waals surface area contributed by atoms with Crippen molar-refractivity contribution < 1.29 is 9.47 Å².